The van der Waals surface area contributed by atoms with E-state index in [1.165, 1.54) is 7.11 Å². The molecule has 2 N–H and O–H groups in total. The van der Waals surface area contributed by atoms with Crippen molar-refractivity contribution >= 4 is 5.78 Å². The zero-order chi connectivity index (χ0) is 18.9. The lowest BCUT2D eigenvalue weighted by Crippen LogP contribution is -2.52. The number of allylic oxidation sites excluding steroid dienone is 2. The predicted octanol–water partition coefficient (Wildman–Crippen LogP) is 2.99. The molecule has 26 heavy (non-hydrogen) atoms. The largest absolute Gasteiger partial charge is 0.496 e. The van der Waals surface area contributed by atoms with Gasteiger partial charge in [-0.3, -0.25) is 4.79 Å². The van der Waals surface area contributed by atoms with Gasteiger partial charge in [-0.05, 0) is 31.9 Å². The molecule has 5 heteroatoms. The number of hydrogen-bond acceptors (Lipinski definition) is 5. The maximum Gasteiger partial charge on any atom is 0.268 e. The molecule has 2 aromatic carbocycles. The van der Waals surface area contributed by atoms with Crippen LogP contribution in [0.25, 0.3) is 0 Å². The molecule has 0 saturated heterocycles. The van der Waals surface area contributed by atoms with Gasteiger partial charge in [-0.2, -0.15) is 0 Å². The first-order valence-electron chi connectivity index (χ1n) is 8.41. The fraction of sp³-hybridized carbons (Fsp3) is 0.286. The van der Waals surface area contributed by atoms with E-state index in [4.69, 9.17) is 9.47 Å². The van der Waals surface area contributed by atoms with E-state index in [2.05, 4.69) is 0 Å². The van der Waals surface area contributed by atoms with E-state index in [1.54, 1.807) is 42.5 Å². The number of Topliss-reactive ketones (excluding diaryl/α,β-unsaturated/α-hetero) is 1. The van der Waals surface area contributed by atoms with Gasteiger partial charge in [0, 0.05) is 5.56 Å². The molecule has 0 saturated carbocycles. The monoisotopic (exact) mass is 354 g/mol. The summed E-state index contributed by atoms with van der Waals surface area (Å²) in [5.74, 6) is -2.24. The van der Waals surface area contributed by atoms with Crippen LogP contribution in [-0.4, -0.2) is 29.2 Å². The second-order valence-electron chi connectivity index (χ2n) is 6.55. The van der Waals surface area contributed by atoms with E-state index < -0.39 is 17.7 Å². The van der Waals surface area contributed by atoms with Crippen LogP contribution >= 0.6 is 0 Å². The molecule has 1 heterocycles. The first kappa shape index (κ1) is 18.2. The second kappa shape index (κ2) is 6.94. The van der Waals surface area contributed by atoms with Crippen molar-refractivity contribution < 1.29 is 24.5 Å². The Balaban J connectivity index is 2.18. The molecule has 0 spiro atoms. The van der Waals surface area contributed by atoms with Crippen molar-refractivity contribution in [2.24, 2.45) is 0 Å². The number of aliphatic hydroxyl groups excluding tert-OH is 1. The van der Waals surface area contributed by atoms with Gasteiger partial charge in [0.25, 0.3) is 5.79 Å². The van der Waals surface area contributed by atoms with Gasteiger partial charge >= 0.3 is 0 Å². The summed E-state index contributed by atoms with van der Waals surface area (Å²) >= 11 is 0. The average Bonchev–Trinajstić information content (AvgIpc) is 2.65. The minimum atomic E-state index is -2.16. The van der Waals surface area contributed by atoms with Crippen molar-refractivity contribution in [1.29, 1.82) is 0 Å². The van der Waals surface area contributed by atoms with Crippen molar-refractivity contribution in [3.05, 3.63) is 70.8 Å². The summed E-state index contributed by atoms with van der Waals surface area (Å²) in [6.45, 7) is 3.96. The predicted molar refractivity (Wildman–Crippen MR) is 97.4 cm³/mol. The summed E-state index contributed by atoms with van der Waals surface area (Å²) < 4.78 is 11.1. The van der Waals surface area contributed by atoms with Crippen LogP contribution in [0.2, 0.25) is 0 Å². The molecule has 2 unspecified atom stereocenters. The molecule has 0 fully saturated rings. The number of methoxy groups -OCH3 is 1. The highest BCUT2D eigenvalue weighted by molar-refractivity contribution is 6.06. The Hall–Kier alpha value is -2.63. The van der Waals surface area contributed by atoms with E-state index in [9.17, 15) is 15.0 Å². The highest BCUT2D eigenvalue weighted by atomic mass is 16.6. The minimum Gasteiger partial charge on any atom is -0.496 e. The number of aliphatic hydroxyl groups is 2. The molecule has 1 aliphatic rings. The summed E-state index contributed by atoms with van der Waals surface area (Å²) in [7, 11) is 1.45. The number of carbonyl (C=O) groups is 1. The van der Waals surface area contributed by atoms with Gasteiger partial charge in [0.05, 0.1) is 7.11 Å². The molecule has 3 rings (SSSR count). The van der Waals surface area contributed by atoms with Crippen LogP contribution in [0.5, 0.6) is 11.5 Å². The molecule has 0 bridgehead atoms. The van der Waals surface area contributed by atoms with Gasteiger partial charge < -0.3 is 19.7 Å². The fourth-order valence-electron chi connectivity index (χ4n) is 3.02. The molecular weight excluding hydrogens is 332 g/mol. The minimum absolute atomic E-state index is 0.153. The summed E-state index contributed by atoms with van der Waals surface area (Å²) in [5.41, 5.74) is 2.31. The van der Waals surface area contributed by atoms with Gasteiger partial charge in [-0.25, -0.2) is 0 Å². The lowest BCUT2D eigenvalue weighted by molar-refractivity contribution is -0.204. The third kappa shape index (κ3) is 3.00. The average molecular weight is 354 g/mol. The molecule has 0 amide bonds. The van der Waals surface area contributed by atoms with Crippen LogP contribution in [0.1, 0.15) is 35.3 Å². The Morgan fingerprint density at radius 2 is 1.92 bits per heavy atom. The molecule has 2 aromatic rings. The van der Waals surface area contributed by atoms with Crippen molar-refractivity contribution in [2.75, 3.05) is 7.11 Å². The Morgan fingerprint density at radius 1 is 1.23 bits per heavy atom. The van der Waals surface area contributed by atoms with Crippen molar-refractivity contribution in [3.8, 4) is 11.5 Å². The third-order valence-electron chi connectivity index (χ3n) is 4.46. The van der Waals surface area contributed by atoms with Gasteiger partial charge in [0.15, 0.2) is 6.10 Å². The normalized spacial score (nSPS) is 21.6. The van der Waals surface area contributed by atoms with Crippen LogP contribution in [0.3, 0.4) is 0 Å². The van der Waals surface area contributed by atoms with Gasteiger partial charge in [-0.15, -0.1) is 0 Å². The van der Waals surface area contributed by atoms with Crippen LogP contribution in [0, 0.1) is 0 Å². The molecule has 136 valence electrons. The number of rotatable bonds is 4. The molecule has 0 aromatic heterocycles. The van der Waals surface area contributed by atoms with Gasteiger partial charge in [0.1, 0.15) is 17.1 Å². The van der Waals surface area contributed by atoms with E-state index >= 15 is 0 Å². The van der Waals surface area contributed by atoms with Crippen LogP contribution in [0.15, 0.2) is 54.1 Å². The lowest BCUT2D eigenvalue weighted by Gasteiger charge is -2.38. The third-order valence-corrected chi connectivity index (χ3v) is 4.46. The van der Waals surface area contributed by atoms with Crippen LogP contribution in [-0.2, 0) is 12.2 Å². The van der Waals surface area contributed by atoms with Crippen molar-refractivity contribution in [3.63, 3.8) is 0 Å². The molecule has 5 nitrogen and oxygen atoms in total. The smallest absolute Gasteiger partial charge is 0.268 e. The Morgan fingerprint density at radius 3 is 2.54 bits per heavy atom. The maximum atomic E-state index is 12.9. The van der Waals surface area contributed by atoms with Crippen molar-refractivity contribution in [1.82, 2.24) is 0 Å². The molecule has 1 aliphatic heterocycles. The highest BCUT2D eigenvalue weighted by Gasteiger charge is 2.51. The zero-order valence-electron chi connectivity index (χ0n) is 15.0. The Labute approximate surface area is 152 Å². The number of ketones is 1. The van der Waals surface area contributed by atoms with E-state index in [1.807, 2.05) is 19.9 Å². The Bertz CT molecular complexity index is 852. The van der Waals surface area contributed by atoms with E-state index in [0.29, 0.717) is 17.7 Å². The first-order chi connectivity index (χ1) is 12.4. The molecule has 0 radical (unpaired) electrons. The van der Waals surface area contributed by atoms with Crippen molar-refractivity contribution in [2.45, 2.75) is 32.2 Å². The standard InChI is InChI=1S/C21H22O5/c1-13(2)9-10-14-11-12-16(25-3)17-18(22)20(23)21(24,26-19(14)17)15-7-5-4-6-8-15/h4-9,11-12,20,23-24H,10H2,1-3H3. The maximum absolute atomic E-state index is 12.9. The zero-order valence-corrected chi connectivity index (χ0v) is 15.0. The molecule has 2 atom stereocenters. The number of benzene rings is 2. The van der Waals surface area contributed by atoms with Gasteiger partial charge in [0.2, 0.25) is 5.78 Å². The number of carbonyl (C=O) groups excluding carboxylic acids is 1. The Kier molecular flexibility index (Phi) is 4.85. The van der Waals surface area contributed by atoms with Crippen LogP contribution in [0.4, 0.5) is 0 Å². The highest BCUT2D eigenvalue weighted by Crippen LogP contribution is 2.44. The SMILES string of the molecule is COc1ccc(CC=C(C)C)c2c1C(=O)C(O)C(O)(c1ccccc1)O2. The number of fused-ring (bicyclic) bond motifs is 1. The summed E-state index contributed by atoms with van der Waals surface area (Å²) in [6.07, 6.45) is 0.774. The fourth-order valence-corrected chi connectivity index (χ4v) is 3.02. The summed E-state index contributed by atoms with van der Waals surface area (Å²) in [4.78, 5) is 12.9. The number of hydrogen-bond donors (Lipinski definition) is 2. The van der Waals surface area contributed by atoms with Gasteiger partial charge in [-0.1, -0.05) is 48.0 Å². The van der Waals surface area contributed by atoms with E-state index in [-0.39, 0.29) is 11.3 Å². The molecule has 0 aliphatic carbocycles. The first-order valence-corrected chi connectivity index (χ1v) is 8.41. The van der Waals surface area contributed by atoms with Crippen LogP contribution < -0.4 is 9.47 Å². The topological polar surface area (TPSA) is 76.0 Å². The molecular formula is C21H22O5. The number of ether oxygens (including phenoxy) is 2. The quantitative estimate of drug-likeness (QED) is 0.826. The second-order valence-corrected chi connectivity index (χ2v) is 6.55. The summed E-state index contributed by atoms with van der Waals surface area (Å²) in [6, 6.07) is 11.9. The van der Waals surface area contributed by atoms with E-state index in [0.717, 1.165) is 11.1 Å². The summed E-state index contributed by atoms with van der Waals surface area (Å²) in [5, 5.41) is 21.6. The lowest BCUT2D eigenvalue weighted by atomic mass is 9.88.